The molecule has 0 atom stereocenters. The quantitative estimate of drug-likeness (QED) is 0.540. The van der Waals surface area contributed by atoms with Gasteiger partial charge in [0.1, 0.15) is 0 Å². The summed E-state index contributed by atoms with van der Waals surface area (Å²) in [5, 5.41) is 0. The molecule has 2 heteroatoms. The van der Waals surface area contributed by atoms with E-state index < -0.39 is 0 Å². The Hall–Kier alpha value is 0.759. The zero-order valence-corrected chi connectivity index (χ0v) is 6.70. The summed E-state index contributed by atoms with van der Waals surface area (Å²) in [6.45, 7) is 0.947. The minimum absolute atomic E-state index is 0.947. The standard InChI is InChI=1S/C3H7O.Sn.H/c1-3-4-2;;/h1,3H2,2H3;;. The van der Waals surface area contributed by atoms with E-state index in [4.69, 9.17) is 4.74 Å². The van der Waals surface area contributed by atoms with Gasteiger partial charge in [-0.2, -0.15) is 0 Å². The molecule has 0 aliphatic carbocycles. The molecule has 1 nitrogen and oxygen atoms in total. The molecule has 0 bridgehead atoms. The van der Waals surface area contributed by atoms with Crippen LogP contribution in [-0.4, -0.2) is 36.2 Å². The van der Waals surface area contributed by atoms with Gasteiger partial charge in [0.15, 0.2) is 0 Å². The topological polar surface area (TPSA) is 9.23 Å². The summed E-state index contributed by atoms with van der Waals surface area (Å²) in [5.41, 5.74) is 0. The molecule has 0 fully saturated rings. The summed E-state index contributed by atoms with van der Waals surface area (Å²) >= 11 is 1.33. The molecule has 0 spiro atoms. The maximum absolute atomic E-state index is 4.72. The maximum atomic E-state index is 4.72. The third kappa shape index (κ3) is 4.76. The number of ether oxygens (including phenoxy) is 1. The van der Waals surface area contributed by atoms with Crippen molar-refractivity contribution >= 4 is 22.5 Å². The van der Waals surface area contributed by atoms with Crippen molar-refractivity contribution in [1.82, 2.24) is 0 Å². The Labute approximate surface area is 45.8 Å². The van der Waals surface area contributed by atoms with Gasteiger partial charge in [-0.25, -0.2) is 0 Å². The molecule has 0 saturated carbocycles. The van der Waals surface area contributed by atoms with E-state index >= 15 is 0 Å². The van der Waals surface area contributed by atoms with E-state index in [2.05, 4.69) is 0 Å². The Balaban J connectivity index is 2.19. The first-order valence-electron chi connectivity index (χ1n) is 1.61. The fourth-order valence-corrected chi connectivity index (χ4v) is 0.791. The summed E-state index contributed by atoms with van der Waals surface area (Å²) in [6.07, 6.45) is 0. The van der Waals surface area contributed by atoms with Gasteiger partial charge >= 0.3 is 45.4 Å². The molecule has 0 rings (SSSR count). The molecule has 0 unspecified atom stereocenters. The summed E-state index contributed by atoms with van der Waals surface area (Å²) in [4.78, 5) is 0. The first kappa shape index (κ1) is 5.76. The van der Waals surface area contributed by atoms with Crippen molar-refractivity contribution in [3.05, 3.63) is 0 Å². The zero-order valence-electron chi connectivity index (χ0n) is 3.40. The van der Waals surface area contributed by atoms with Crippen molar-refractivity contribution in [2.75, 3.05) is 13.7 Å². The first-order chi connectivity index (χ1) is 2.41. The average molecular weight is 179 g/mol. The Morgan fingerprint density at radius 2 is 2.40 bits per heavy atom. The van der Waals surface area contributed by atoms with E-state index in [-0.39, 0.29) is 0 Å². The molecule has 0 aliphatic rings. The van der Waals surface area contributed by atoms with Gasteiger partial charge in [0, 0.05) is 0 Å². The van der Waals surface area contributed by atoms with Gasteiger partial charge < -0.3 is 0 Å². The van der Waals surface area contributed by atoms with E-state index in [9.17, 15) is 0 Å². The van der Waals surface area contributed by atoms with Gasteiger partial charge in [-0.05, 0) is 0 Å². The van der Waals surface area contributed by atoms with Gasteiger partial charge in [-0.3, -0.25) is 0 Å². The van der Waals surface area contributed by atoms with Gasteiger partial charge in [0.2, 0.25) is 0 Å². The molecule has 30 valence electrons. The van der Waals surface area contributed by atoms with Crippen LogP contribution >= 0.6 is 0 Å². The fourth-order valence-electron chi connectivity index (χ4n) is 0.118. The van der Waals surface area contributed by atoms with Crippen LogP contribution in [0.15, 0.2) is 0 Å². The molecule has 0 aromatic heterocycles. The number of rotatable bonds is 2. The average Bonchev–Trinajstić information content (AvgIpc) is 1.41. The van der Waals surface area contributed by atoms with Crippen LogP contribution in [0.1, 0.15) is 0 Å². The van der Waals surface area contributed by atoms with Crippen molar-refractivity contribution in [3.8, 4) is 0 Å². The van der Waals surface area contributed by atoms with E-state index in [0.717, 1.165) is 6.61 Å². The first-order valence-corrected chi connectivity index (χ1v) is 3.94. The van der Waals surface area contributed by atoms with Crippen molar-refractivity contribution in [1.29, 1.82) is 0 Å². The molecule has 0 aromatic carbocycles. The van der Waals surface area contributed by atoms with Crippen molar-refractivity contribution in [2.24, 2.45) is 0 Å². The number of methoxy groups -OCH3 is 1. The van der Waals surface area contributed by atoms with Crippen molar-refractivity contribution < 1.29 is 4.74 Å². The van der Waals surface area contributed by atoms with Gasteiger partial charge in [-0.15, -0.1) is 0 Å². The van der Waals surface area contributed by atoms with Gasteiger partial charge in [0.25, 0.3) is 0 Å². The summed E-state index contributed by atoms with van der Waals surface area (Å²) in [7, 11) is 1.73. The second-order valence-electron chi connectivity index (χ2n) is 0.781. The predicted octanol–water partition coefficient (Wildman–Crippen LogP) is -0.0481. The van der Waals surface area contributed by atoms with Crippen molar-refractivity contribution in [2.45, 2.75) is 4.44 Å². The summed E-state index contributed by atoms with van der Waals surface area (Å²) in [5.74, 6) is 0. The van der Waals surface area contributed by atoms with Gasteiger partial charge in [-0.1, -0.05) is 0 Å². The van der Waals surface area contributed by atoms with E-state index in [1.165, 1.54) is 27.0 Å². The molecule has 0 aliphatic heterocycles. The Bertz CT molecular complexity index is 14.4. The third-order valence-electron chi connectivity index (χ3n) is 0.322. The predicted molar refractivity (Wildman–Crippen MR) is 23.8 cm³/mol. The van der Waals surface area contributed by atoms with Gasteiger partial charge in [0.05, 0.1) is 0 Å². The van der Waals surface area contributed by atoms with Crippen LogP contribution in [0.4, 0.5) is 0 Å². The molecule has 0 aromatic rings. The van der Waals surface area contributed by atoms with E-state index in [1.807, 2.05) is 0 Å². The molecule has 0 N–H and O–H groups in total. The second-order valence-corrected chi connectivity index (χ2v) is 2.43. The summed E-state index contributed by atoms with van der Waals surface area (Å²) in [6, 6.07) is 0. The van der Waals surface area contributed by atoms with Crippen LogP contribution in [0, 0.1) is 0 Å². The fraction of sp³-hybridized carbons (Fsp3) is 1.00. The molecule has 2 radical (unpaired) electrons. The molecular formula is C3H8OSn. The number of hydrogen-bond acceptors (Lipinski definition) is 1. The molecular weight excluding hydrogens is 171 g/mol. The van der Waals surface area contributed by atoms with Crippen LogP contribution in [0.25, 0.3) is 0 Å². The number of hydrogen-bond donors (Lipinski definition) is 0. The molecule has 0 amide bonds. The van der Waals surface area contributed by atoms with Crippen LogP contribution in [0.2, 0.25) is 4.44 Å². The SMILES string of the molecule is COC[CH2][SnH]. The molecule has 0 heterocycles. The molecule has 0 saturated heterocycles. The Morgan fingerprint density at radius 3 is 2.40 bits per heavy atom. The zero-order chi connectivity index (χ0) is 4.12. The van der Waals surface area contributed by atoms with Crippen LogP contribution in [0.3, 0.4) is 0 Å². The Morgan fingerprint density at radius 1 is 1.80 bits per heavy atom. The van der Waals surface area contributed by atoms with Crippen LogP contribution < -0.4 is 0 Å². The summed E-state index contributed by atoms with van der Waals surface area (Å²) < 4.78 is 5.98. The van der Waals surface area contributed by atoms with Crippen molar-refractivity contribution in [3.63, 3.8) is 0 Å². The van der Waals surface area contributed by atoms with E-state index in [1.54, 1.807) is 7.11 Å². The third-order valence-corrected chi connectivity index (χ3v) is 0.995. The Kier molecular flexibility index (Phi) is 5.48. The van der Waals surface area contributed by atoms with E-state index in [0.29, 0.717) is 0 Å². The van der Waals surface area contributed by atoms with Crippen LogP contribution in [-0.2, 0) is 4.74 Å². The monoisotopic (exact) mass is 180 g/mol. The normalized spacial score (nSPS) is 8.40. The second kappa shape index (κ2) is 4.76. The van der Waals surface area contributed by atoms with Crippen LogP contribution in [0.5, 0.6) is 0 Å². The molecule has 5 heavy (non-hydrogen) atoms. The minimum atomic E-state index is 0.947.